The molecule has 0 aromatic carbocycles. The van der Waals surface area contributed by atoms with Crippen LogP contribution in [0.3, 0.4) is 0 Å². The normalized spacial score (nSPS) is 21.9. The van der Waals surface area contributed by atoms with Crippen molar-refractivity contribution < 1.29 is 33.3 Å². The Balaban J connectivity index is 1.31. The van der Waals surface area contributed by atoms with Crippen LogP contribution in [0, 0.1) is 5.92 Å². The Hall–Kier alpha value is -0.770. The molecule has 0 N–H and O–H groups in total. The van der Waals surface area contributed by atoms with E-state index in [-0.39, 0.29) is 37.5 Å². The van der Waals surface area contributed by atoms with E-state index in [9.17, 15) is 14.4 Å². The number of epoxide rings is 1. The number of carbonyl (C=O) groups excluding carboxylic acids is 3. The molecule has 2 fully saturated rings. The summed E-state index contributed by atoms with van der Waals surface area (Å²) in [7, 11) is 0. The Morgan fingerprint density at radius 3 is 2.35 bits per heavy atom. The molecule has 178 valence electrons. The number of Topliss-reactive ketones (excluding diaryl/α,β-unsaturated/α-hetero) is 1. The minimum atomic E-state index is -0.239. The second kappa shape index (κ2) is 15.9. The number of carbonyl (C=O) groups is 3. The predicted octanol–water partition coefficient (Wildman–Crippen LogP) is 3.23. The van der Waals surface area contributed by atoms with Gasteiger partial charge in [-0.05, 0) is 49.5 Å². The number of hydrogen-bond donors (Lipinski definition) is 1. The average molecular weight is 477 g/mol. The first-order valence-corrected chi connectivity index (χ1v) is 13.1. The van der Waals surface area contributed by atoms with Gasteiger partial charge in [0.25, 0.3) is 0 Å². The van der Waals surface area contributed by atoms with Crippen LogP contribution in [0.25, 0.3) is 0 Å². The van der Waals surface area contributed by atoms with E-state index in [0.717, 1.165) is 37.2 Å². The van der Waals surface area contributed by atoms with Gasteiger partial charge < -0.3 is 18.9 Å². The van der Waals surface area contributed by atoms with Crippen molar-refractivity contribution in [2.75, 3.05) is 43.7 Å². The molecule has 31 heavy (non-hydrogen) atoms. The molecule has 1 aliphatic heterocycles. The number of ether oxygens (including phenoxy) is 4. The molecule has 0 bridgehead atoms. The zero-order chi connectivity index (χ0) is 22.3. The monoisotopic (exact) mass is 476 g/mol. The fraction of sp³-hybridized carbons (Fsp3) is 0.864. The maximum Gasteiger partial charge on any atom is 0.305 e. The number of rotatable bonds is 18. The molecule has 0 amide bonds. The van der Waals surface area contributed by atoms with Crippen LogP contribution in [-0.2, 0) is 33.3 Å². The topological polar surface area (TPSA) is 91.4 Å². The summed E-state index contributed by atoms with van der Waals surface area (Å²) in [6.07, 6.45) is 7.45. The molecule has 2 aliphatic rings. The van der Waals surface area contributed by atoms with Crippen LogP contribution in [0.5, 0.6) is 0 Å². The van der Waals surface area contributed by atoms with E-state index >= 15 is 0 Å². The van der Waals surface area contributed by atoms with Gasteiger partial charge in [-0.1, -0.05) is 0 Å². The van der Waals surface area contributed by atoms with E-state index in [2.05, 4.69) is 12.6 Å². The van der Waals surface area contributed by atoms with Gasteiger partial charge in [0.1, 0.15) is 6.61 Å². The third kappa shape index (κ3) is 12.7. The molecule has 7 nitrogen and oxygen atoms in total. The molecule has 0 aromatic heterocycles. The number of hydrogen-bond acceptors (Lipinski definition) is 9. The maximum atomic E-state index is 11.9. The van der Waals surface area contributed by atoms with Crippen LogP contribution in [0.4, 0.5) is 0 Å². The second-order valence-electron chi connectivity index (χ2n) is 8.03. The van der Waals surface area contributed by atoms with E-state index in [1.54, 1.807) is 11.8 Å². The standard InChI is InChI=1S/C22H36O7S2/c23-18(16-26-15-17-6-7-19-20(14-17)29-19)8-13-31-12-2-5-22(25)28-10-3-9-27-21(24)4-1-11-30/h17,19-20,30H,1-16H2. The molecular formula is C22H36O7S2. The highest BCUT2D eigenvalue weighted by molar-refractivity contribution is 7.99. The van der Waals surface area contributed by atoms with E-state index < -0.39 is 0 Å². The fourth-order valence-corrected chi connectivity index (χ4v) is 4.54. The van der Waals surface area contributed by atoms with Gasteiger partial charge in [0.15, 0.2) is 5.78 Å². The molecule has 3 atom stereocenters. The van der Waals surface area contributed by atoms with Crippen molar-refractivity contribution in [3.05, 3.63) is 0 Å². The number of fused-ring (bicyclic) bond motifs is 1. The number of ketones is 1. The van der Waals surface area contributed by atoms with E-state index in [1.807, 2.05) is 0 Å². The van der Waals surface area contributed by atoms with Gasteiger partial charge in [-0.15, -0.1) is 0 Å². The number of thioether (sulfide) groups is 1. The van der Waals surface area contributed by atoms with Gasteiger partial charge in [0.05, 0.1) is 32.0 Å². The summed E-state index contributed by atoms with van der Waals surface area (Å²) in [4.78, 5) is 34.9. The summed E-state index contributed by atoms with van der Waals surface area (Å²) in [5.41, 5.74) is 0. The van der Waals surface area contributed by atoms with Crippen molar-refractivity contribution in [2.24, 2.45) is 5.92 Å². The highest BCUT2D eigenvalue weighted by Crippen LogP contribution is 2.39. The summed E-state index contributed by atoms with van der Waals surface area (Å²) in [6, 6.07) is 0. The zero-order valence-corrected chi connectivity index (χ0v) is 20.0. The zero-order valence-electron chi connectivity index (χ0n) is 18.3. The summed E-state index contributed by atoms with van der Waals surface area (Å²) in [5, 5.41) is 0. The van der Waals surface area contributed by atoms with Gasteiger partial charge >= 0.3 is 11.9 Å². The van der Waals surface area contributed by atoms with Crippen molar-refractivity contribution in [1.82, 2.24) is 0 Å². The molecule has 1 saturated heterocycles. The quantitative estimate of drug-likeness (QED) is 0.140. The summed E-state index contributed by atoms with van der Waals surface area (Å²) in [5.74, 6) is 2.41. The van der Waals surface area contributed by atoms with Gasteiger partial charge in [0, 0.05) is 31.4 Å². The third-order valence-electron chi connectivity index (χ3n) is 5.28. The summed E-state index contributed by atoms with van der Waals surface area (Å²) >= 11 is 5.71. The van der Waals surface area contributed by atoms with Gasteiger partial charge in [0.2, 0.25) is 0 Å². The molecular weight excluding hydrogens is 440 g/mol. The lowest BCUT2D eigenvalue weighted by Crippen LogP contribution is -2.20. The van der Waals surface area contributed by atoms with Crippen molar-refractivity contribution in [1.29, 1.82) is 0 Å². The highest BCUT2D eigenvalue weighted by Gasteiger charge is 2.43. The highest BCUT2D eigenvalue weighted by atomic mass is 32.2. The number of thiol groups is 1. The molecule has 9 heteroatoms. The Kier molecular flexibility index (Phi) is 13.6. The lowest BCUT2D eigenvalue weighted by molar-refractivity contribution is -0.146. The molecule has 0 radical (unpaired) electrons. The Morgan fingerprint density at radius 1 is 0.903 bits per heavy atom. The average Bonchev–Trinajstić information content (AvgIpc) is 3.53. The number of esters is 2. The third-order valence-corrected chi connectivity index (χ3v) is 6.66. The largest absolute Gasteiger partial charge is 0.466 e. The van der Waals surface area contributed by atoms with E-state index in [0.29, 0.717) is 62.6 Å². The smallest absolute Gasteiger partial charge is 0.305 e. The Bertz CT molecular complexity index is 558. The molecule has 0 aromatic rings. The first-order chi connectivity index (χ1) is 15.1. The van der Waals surface area contributed by atoms with Gasteiger partial charge in [-0.3, -0.25) is 14.4 Å². The van der Waals surface area contributed by atoms with E-state index in [4.69, 9.17) is 18.9 Å². The lowest BCUT2D eigenvalue weighted by Gasteiger charge is -2.18. The maximum absolute atomic E-state index is 11.9. The van der Waals surface area contributed by atoms with Crippen LogP contribution in [0.15, 0.2) is 0 Å². The minimum absolute atomic E-state index is 0.134. The van der Waals surface area contributed by atoms with Gasteiger partial charge in [-0.25, -0.2) is 0 Å². The SMILES string of the molecule is O=C(CCSCCCC(=O)OCCCOC(=O)CCCS)COCC1CCC2OC2C1. The predicted molar refractivity (Wildman–Crippen MR) is 123 cm³/mol. The Labute approximate surface area is 195 Å². The van der Waals surface area contributed by atoms with Crippen molar-refractivity contribution in [3.63, 3.8) is 0 Å². The van der Waals surface area contributed by atoms with Crippen LogP contribution in [-0.4, -0.2) is 73.6 Å². The van der Waals surface area contributed by atoms with Crippen LogP contribution >= 0.6 is 24.4 Å². The minimum Gasteiger partial charge on any atom is -0.466 e. The molecule has 2 rings (SSSR count). The second-order valence-corrected chi connectivity index (χ2v) is 9.71. The van der Waals surface area contributed by atoms with Crippen molar-refractivity contribution in [3.8, 4) is 0 Å². The molecule has 3 unspecified atom stereocenters. The lowest BCUT2D eigenvalue weighted by atomic mass is 9.90. The van der Waals surface area contributed by atoms with E-state index in [1.165, 1.54) is 0 Å². The van der Waals surface area contributed by atoms with Crippen molar-refractivity contribution >= 4 is 42.1 Å². The summed E-state index contributed by atoms with van der Waals surface area (Å²) < 4.78 is 21.2. The summed E-state index contributed by atoms with van der Waals surface area (Å²) in [6.45, 7) is 1.38. The van der Waals surface area contributed by atoms with Crippen LogP contribution in [0.1, 0.15) is 57.8 Å². The van der Waals surface area contributed by atoms with Crippen LogP contribution < -0.4 is 0 Å². The molecule has 0 spiro atoms. The Morgan fingerprint density at radius 2 is 1.65 bits per heavy atom. The molecule has 1 aliphatic carbocycles. The van der Waals surface area contributed by atoms with Crippen molar-refractivity contribution in [2.45, 2.75) is 70.0 Å². The molecule has 1 saturated carbocycles. The first kappa shape index (κ1) is 26.5. The molecule has 1 heterocycles. The van der Waals surface area contributed by atoms with Gasteiger partial charge in [-0.2, -0.15) is 24.4 Å². The first-order valence-electron chi connectivity index (χ1n) is 11.3. The van der Waals surface area contributed by atoms with Crippen LogP contribution in [0.2, 0.25) is 0 Å². The fourth-order valence-electron chi connectivity index (χ4n) is 3.46.